The van der Waals surface area contributed by atoms with Crippen LogP contribution in [-0.4, -0.2) is 19.2 Å². The Morgan fingerprint density at radius 2 is 2.06 bits per heavy atom. The monoisotopic (exact) mass is 236 g/mol. The molecule has 0 spiro atoms. The van der Waals surface area contributed by atoms with Crippen LogP contribution in [0, 0.1) is 0 Å². The van der Waals surface area contributed by atoms with Gasteiger partial charge in [0.15, 0.2) is 0 Å². The summed E-state index contributed by atoms with van der Waals surface area (Å²) in [5.41, 5.74) is 6.25. The third-order valence-electron chi connectivity index (χ3n) is 2.73. The van der Waals surface area contributed by atoms with Gasteiger partial charge in [-0.1, -0.05) is 26.0 Å². The van der Waals surface area contributed by atoms with Crippen LogP contribution in [0.25, 0.3) is 0 Å². The third kappa shape index (κ3) is 4.76. The quantitative estimate of drug-likeness (QED) is 0.744. The van der Waals surface area contributed by atoms with Crippen LogP contribution < -0.4 is 15.8 Å². The summed E-state index contributed by atoms with van der Waals surface area (Å²) < 4.78 is 5.45. The maximum Gasteiger partial charge on any atom is 0.312 e. The Balaban J connectivity index is 2.38. The molecule has 0 aliphatic carbocycles. The number of amides is 2. The molecule has 0 saturated carbocycles. The van der Waals surface area contributed by atoms with Gasteiger partial charge in [-0.05, 0) is 30.0 Å². The summed E-state index contributed by atoms with van der Waals surface area (Å²) >= 11 is 0. The number of primary amides is 1. The molecule has 0 aliphatic heterocycles. The number of carbonyl (C=O) groups excluding carboxylic acids is 1. The molecule has 0 aromatic heterocycles. The number of hydrogen-bond acceptors (Lipinski definition) is 2. The first kappa shape index (κ1) is 13.4. The summed E-state index contributed by atoms with van der Waals surface area (Å²) in [5, 5.41) is 2.47. The van der Waals surface area contributed by atoms with Gasteiger partial charge in [0, 0.05) is 0 Å². The van der Waals surface area contributed by atoms with E-state index in [4.69, 9.17) is 10.5 Å². The lowest BCUT2D eigenvalue weighted by atomic mass is 9.99. The molecule has 3 N–H and O–H groups in total. The molecule has 0 heterocycles. The fourth-order valence-corrected chi connectivity index (χ4v) is 1.47. The summed E-state index contributed by atoms with van der Waals surface area (Å²) in [6.07, 6.45) is 1.13. The van der Waals surface area contributed by atoms with Crippen LogP contribution in [0.15, 0.2) is 24.3 Å². The van der Waals surface area contributed by atoms with Crippen LogP contribution in [-0.2, 0) is 0 Å². The number of carbonyl (C=O) groups is 1. The summed E-state index contributed by atoms with van der Waals surface area (Å²) in [4.78, 5) is 10.4. The van der Waals surface area contributed by atoms with Crippen molar-refractivity contribution in [1.82, 2.24) is 5.32 Å². The van der Waals surface area contributed by atoms with E-state index in [0.29, 0.717) is 19.1 Å². The minimum absolute atomic E-state index is 0.419. The first-order chi connectivity index (χ1) is 8.13. The van der Waals surface area contributed by atoms with E-state index in [-0.39, 0.29) is 0 Å². The van der Waals surface area contributed by atoms with Gasteiger partial charge < -0.3 is 15.8 Å². The molecule has 4 nitrogen and oxygen atoms in total. The van der Waals surface area contributed by atoms with Gasteiger partial charge in [0.25, 0.3) is 0 Å². The Bertz CT molecular complexity index is 349. The molecule has 0 radical (unpaired) electrons. The molecule has 0 saturated heterocycles. The third-order valence-corrected chi connectivity index (χ3v) is 2.73. The van der Waals surface area contributed by atoms with Crippen molar-refractivity contribution >= 4 is 6.03 Å². The van der Waals surface area contributed by atoms with Crippen molar-refractivity contribution in [3.05, 3.63) is 29.8 Å². The molecular weight excluding hydrogens is 216 g/mol. The fraction of sp³-hybridized carbons (Fsp3) is 0.462. The van der Waals surface area contributed by atoms with Crippen molar-refractivity contribution < 1.29 is 9.53 Å². The molecule has 1 aromatic rings. The Kier molecular flexibility index (Phi) is 5.33. The highest BCUT2D eigenvalue weighted by Gasteiger charge is 2.02. The smallest absolute Gasteiger partial charge is 0.312 e. The van der Waals surface area contributed by atoms with Gasteiger partial charge in [-0.15, -0.1) is 0 Å². The van der Waals surface area contributed by atoms with Gasteiger partial charge in [0.05, 0.1) is 6.54 Å². The zero-order chi connectivity index (χ0) is 12.7. The lowest BCUT2D eigenvalue weighted by molar-refractivity contribution is 0.244. The summed E-state index contributed by atoms with van der Waals surface area (Å²) in [6.45, 7) is 5.21. The van der Waals surface area contributed by atoms with Gasteiger partial charge in [-0.2, -0.15) is 0 Å². The van der Waals surface area contributed by atoms with E-state index in [2.05, 4.69) is 31.3 Å². The zero-order valence-corrected chi connectivity index (χ0v) is 10.4. The summed E-state index contributed by atoms with van der Waals surface area (Å²) in [5.74, 6) is 1.38. The number of urea groups is 1. The molecule has 1 atom stereocenters. The maximum atomic E-state index is 10.4. The van der Waals surface area contributed by atoms with E-state index in [1.54, 1.807) is 0 Å². The zero-order valence-electron chi connectivity index (χ0n) is 10.4. The number of benzene rings is 1. The minimum Gasteiger partial charge on any atom is -0.492 e. The van der Waals surface area contributed by atoms with E-state index in [1.807, 2.05) is 12.1 Å². The van der Waals surface area contributed by atoms with Crippen molar-refractivity contribution in [2.45, 2.75) is 26.2 Å². The van der Waals surface area contributed by atoms with E-state index >= 15 is 0 Å². The van der Waals surface area contributed by atoms with Gasteiger partial charge in [-0.3, -0.25) is 0 Å². The van der Waals surface area contributed by atoms with Gasteiger partial charge in [-0.25, -0.2) is 4.79 Å². The summed E-state index contributed by atoms with van der Waals surface area (Å²) in [7, 11) is 0. The Hall–Kier alpha value is -1.71. The van der Waals surface area contributed by atoms with Crippen LogP contribution >= 0.6 is 0 Å². The Morgan fingerprint density at radius 1 is 1.41 bits per heavy atom. The number of hydrogen-bond donors (Lipinski definition) is 2. The SMILES string of the molecule is CCC(C)c1ccc(OCCNC(N)=O)cc1. The van der Waals surface area contributed by atoms with Crippen LogP contribution in [0.2, 0.25) is 0 Å². The maximum absolute atomic E-state index is 10.4. The largest absolute Gasteiger partial charge is 0.492 e. The standard InChI is InChI=1S/C13H20N2O2/c1-3-10(2)11-4-6-12(7-5-11)17-9-8-15-13(14)16/h4-7,10H,3,8-9H2,1-2H3,(H3,14,15,16). The lowest BCUT2D eigenvalue weighted by Gasteiger charge is -2.10. The Morgan fingerprint density at radius 3 is 2.59 bits per heavy atom. The van der Waals surface area contributed by atoms with E-state index in [1.165, 1.54) is 5.56 Å². The topological polar surface area (TPSA) is 64.3 Å². The molecule has 1 aromatic carbocycles. The van der Waals surface area contributed by atoms with Crippen molar-refractivity contribution in [1.29, 1.82) is 0 Å². The predicted octanol–water partition coefficient (Wildman–Crippen LogP) is 2.25. The normalized spacial score (nSPS) is 11.9. The molecular formula is C13H20N2O2. The van der Waals surface area contributed by atoms with Crippen molar-refractivity contribution in [3.8, 4) is 5.75 Å². The van der Waals surface area contributed by atoms with Crippen LogP contribution in [0.4, 0.5) is 4.79 Å². The predicted molar refractivity (Wildman–Crippen MR) is 68.2 cm³/mol. The molecule has 0 aliphatic rings. The molecule has 17 heavy (non-hydrogen) atoms. The average Bonchev–Trinajstić information content (AvgIpc) is 2.34. The fourth-order valence-electron chi connectivity index (χ4n) is 1.47. The minimum atomic E-state index is -0.527. The van der Waals surface area contributed by atoms with E-state index < -0.39 is 6.03 Å². The van der Waals surface area contributed by atoms with E-state index in [9.17, 15) is 4.79 Å². The van der Waals surface area contributed by atoms with Crippen LogP contribution in [0.3, 0.4) is 0 Å². The van der Waals surface area contributed by atoms with Crippen molar-refractivity contribution in [2.75, 3.05) is 13.2 Å². The molecule has 0 fully saturated rings. The second-order valence-corrected chi connectivity index (χ2v) is 4.02. The molecule has 94 valence electrons. The second-order valence-electron chi connectivity index (χ2n) is 4.02. The molecule has 0 bridgehead atoms. The highest BCUT2D eigenvalue weighted by Crippen LogP contribution is 2.21. The first-order valence-electron chi connectivity index (χ1n) is 5.89. The second kappa shape index (κ2) is 6.78. The van der Waals surface area contributed by atoms with Crippen LogP contribution in [0.1, 0.15) is 31.7 Å². The van der Waals surface area contributed by atoms with E-state index in [0.717, 1.165) is 12.2 Å². The number of rotatable bonds is 6. The first-order valence-corrected chi connectivity index (χ1v) is 5.89. The number of ether oxygens (including phenoxy) is 1. The van der Waals surface area contributed by atoms with Gasteiger partial charge >= 0.3 is 6.03 Å². The van der Waals surface area contributed by atoms with Crippen molar-refractivity contribution in [2.24, 2.45) is 5.73 Å². The number of nitrogens with two attached hydrogens (primary N) is 1. The average molecular weight is 236 g/mol. The highest BCUT2D eigenvalue weighted by molar-refractivity contribution is 5.71. The molecule has 1 unspecified atom stereocenters. The van der Waals surface area contributed by atoms with Gasteiger partial charge in [0.2, 0.25) is 0 Å². The lowest BCUT2D eigenvalue weighted by Crippen LogP contribution is -2.32. The van der Waals surface area contributed by atoms with Crippen LogP contribution in [0.5, 0.6) is 5.75 Å². The molecule has 2 amide bonds. The summed E-state index contributed by atoms with van der Waals surface area (Å²) in [6, 6.07) is 7.52. The van der Waals surface area contributed by atoms with Gasteiger partial charge in [0.1, 0.15) is 12.4 Å². The molecule has 4 heteroatoms. The van der Waals surface area contributed by atoms with Crippen molar-refractivity contribution in [3.63, 3.8) is 0 Å². The number of nitrogens with one attached hydrogen (secondary N) is 1. The molecule has 1 rings (SSSR count). The Labute approximate surface area is 102 Å². The highest BCUT2D eigenvalue weighted by atomic mass is 16.5.